The van der Waals surface area contributed by atoms with E-state index in [1.165, 1.54) is 0 Å². The van der Waals surface area contributed by atoms with Gasteiger partial charge in [0.15, 0.2) is 0 Å². The Morgan fingerprint density at radius 3 is 2.35 bits per heavy atom. The number of benzene rings is 2. The number of para-hydroxylation sites is 2. The molecule has 2 rings (SSSR count). The van der Waals surface area contributed by atoms with Gasteiger partial charge in [-0.1, -0.05) is 36.4 Å². The standard InChI is InChI=1S/C20H23NO5/c22-19(10-11-20(23)24)21-13-12-16-6-4-5-9-18(16)26-15-14-25-17-7-2-1-3-8-17/h1-9H,10-15H2,(H,21,22)(H,23,24). The maximum absolute atomic E-state index is 11.5. The molecule has 26 heavy (non-hydrogen) atoms. The zero-order valence-corrected chi connectivity index (χ0v) is 14.5. The number of rotatable bonds is 11. The van der Waals surface area contributed by atoms with E-state index in [4.69, 9.17) is 14.6 Å². The summed E-state index contributed by atoms with van der Waals surface area (Å²) in [6, 6.07) is 17.2. The molecule has 0 radical (unpaired) electrons. The summed E-state index contributed by atoms with van der Waals surface area (Å²) in [7, 11) is 0. The van der Waals surface area contributed by atoms with Crippen molar-refractivity contribution in [2.24, 2.45) is 0 Å². The molecule has 1 amide bonds. The molecule has 0 fully saturated rings. The van der Waals surface area contributed by atoms with Gasteiger partial charge in [-0.2, -0.15) is 0 Å². The molecule has 0 bridgehead atoms. The normalized spacial score (nSPS) is 10.2. The predicted octanol–water partition coefficient (Wildman–Crippen LogP) is 2.67. The van der Waals surface area contributed by atoms with Gasteiger partial charge in [-0.25, -0.2) is 0 Å². The lowest BCUT2D eigenvalue weighted by Gasteiger charge is -2.12. The smallest absolute Gasteiger partial charge is 0.303 e. The number of aliphatic carboxylic acids is 1. The van der Waals surface area contributed by atoms with Crippen molar-refractivity contribution in [2.75, 3.05) is 19.8 Å². The van der Waals surface area contributed by atoms with Crippen LogP contribution in [0.15, 0.2) is 54.6 Å². The fourth-order valence-corrected chi connectivity index (χ4v) is 2.32. The number of carboxylic acids is 1. The third kappa shape index (κ3) is 7.25. The lowest BCUT2D eigenvalue weighted by Crippen LogP contribution is -2.26. The van der Waals surface area contributed by atoms with Crippen LogP contribution >= 0.6 is 0 Å². The van der Waals surface area contributed by atoms with Crippen molar-refractivity contribution in [3.8, 4) is 11.5 Å². The summed E-state index contributed by atoms with van der Waals surface area (Å²) < 4.78 is 11.4. The number of carbonyl (C=O) groups excluding carboxylic acids is 1. The molecule has 0 aliphatic carbocycles. The van der Waals surface area contributed by atoms with Gasteiger partial charge in [-0.15, -0.1) is 0 Å². The number of hydrogen-bond donors (Lipinski definition) is 2. The first-order chi connectivity index (χ1) is 12.6. The van der Waals surface area contributed by atoms with Crippen molar-refractivity contribution in [2.45, 2.75) is 19.3 Å². The Labute approximate surface area is 152 Å². The molecule has 2 aromatic rings. The number of hydrogen-bond acceptors (Lipinski definition) is 4. The molecule has 0 spiro atoms. The van der Waals surface area contributed by atoms with Crippen LogP contribution in [0.3, 0.4) is 0 Å². The third-order valence-electron chi connectivity index (χ3n) is 3.61. The Balaban J connectivity index is 1.72. The minimum Gasteiger partial charge on any atom is -0.490 e. The zero-order valence-electron chi connectivity index (χ0n) is 14.5. The lowest BCUT2D eigenvalue weighted by atomic mass is 10.1. The second-order valence-corrected chi connectivity index (χ2v) is 5.61. The topological polar surface area (TPSA) is 84.9 Å². The Kier molecular flexibility index (Phi) is 7.99. The molecule has 0 aliphatic rings. The average molecular weight is 357 g/mol. The molecule has 138 valence electrons. The molecule has 0 saturated heterocycles. The monoisotopic (exact) mass is 357 g/mol. The van der Waals surface area contributed by atoms with Gasteiger partial charge in [0.05, 0.1) is 6.42 Å². The van der Waals surface area contributed by atoms with Crippen LogP contribution in [0.5, 0.6) is 11.5 Å². The van der Waals surface area contributed by atoms with Gasteiger partial charge in [0, 0.05) is 13.0 Å². The van der Waals surface area contributed by atoms with E-state index in [2.05, 4.69) is 5.32 Å². The molecule has 0 saturated carbocycles. The Hall–Kier alpha value is -3.02. The summed E-state index contributed by atoms with van der Waals surface area (Å²) in [6.07, 6.45) is 0.436. The first kappa shape index (κ1) is 19.3. The maximum Gasteiger partial charge on any atom is 0.303 e. The summed E-state index contributed by atoms with van der Waals surface area (Å²) in [5.41, 5.74) is 0.978. The molecular formula is C20H23NO5. The quantitative estimate of drug-likeness (QED) is 0.604. The molecule has 6 nitrogen and oxygen atoms in total. The largest absolute Gasteiger partial charge is 0.490 e. The highest BCUT2D eigenvalue weighted by Crippen LogP contribution is 2.18. The number of carboxylic acid groups (broad SMARTS) is 1. The molecule has 0 aromatic heterocycles. The number of ether oxygens (including phenoxy) is 2. The van der Waals surface area contributed by atoms with Gasteiger partial charge >= 0.3 is 5.97 Å². The van der Waals surface area contributed by atoms with Gasteiger partial charge in [0.25, 0.3) is 0 Å². The highest BCUT2D eigenvalue weighted by atomic mass is 16.5. The third-order valence-corrected chi connectivity index (χ3v) is 3.61. The number of nitrogens with one attached hydrogen (secondary N) is 1. The van der Waals surface area contributed by atoms with Crippen LogP contribution in [0.25, 0.3) is 0 Å². The summed E-state index contributed by atoms with van der Waals surface area (Å²) in [5.74, 6) is 0.316. The van der Waals surface area contributed by atoms with E-state index in [0.717, 1.165) is 17.1 Å². The summed E-state index contributed by atoms with van der Waals surface area (Å²) in [6.45, 7) is 1.28. The molecule has 2 N–H and O–H groups in total. The van der Waals surface area contributed by atoms with Crippen molar-refractivity contribution in [3.05, 3.63) is 60.2 Å². The average Bonchev–Trinajstić information content (AvgIpc) is 2.65. The molecule has 2 aromatic carbocycles. The van der Waals surface area contributed by atoms with Crippen LogP contribution < -0.4 is 14.8 Å². The minimum absolute atomic E-state index is 0.00962. The van der Waals surface area contributed by atoms with Crippen molar-refractivity contribution < 1.29 is 24.2 Å². The number of amides is 1. The summed E-state index contributed by atoms with van der Waals surface area (Å²) >= 11 is 0. The first-order valence-corrected chi connectivity index (χ1v) is 8.52. The highest BCUT2D eigenvalue weighted by molar-refractivity contribution is 5.80. The maximum atomic E-state index is 11.5. The van der Waals surface area contributed by atoms with Crippen molar-refractivity contribution >= 4 is 11.9 Å². The van der Waals surface area contributed by atoms with Gasteiger partial charge in [0.1, 0.15) is 24.7 Å². The van der Waals surface area contributed by atoms with E-state index in [0.29, 0.717) is 26.2 Å². The van der Waals surface area contributed by atoms with E-state index in [-0.39, 0.29) is 18.7 Å². The van der Waals surface area contributed by atoms with Crippen LogP contribution in [-0.2, 0) is 16.0 Å². The fraction of sp³-hybridized carbons (Fsp3) is 0.300. The second kappa shape index (κ2) is 10.8. The van der Waals surface area contributed by atoms with Gasteiger partial charge in [-0.05, 0) is 30.2 Å². The van der Waals surface area contributed by atoms with E-state index < -0.39 is 5.97 Å². The molecule has 0 atom stereocenters. The Morgan fingerprint density at radius 1 is 0.885 bits per heavy atom. The van der Waals surface area contributed by atoms with Crippen molar-refractivity contribution in [1.82, 2.24) is 5.32 Å². The predicted molar refractivity (Wildman–Crippen MR) is 97.5 cm³/mol. The Bertz CT molecular complexity index is 702. The van der Waals surface area contributed by atoms with Crippen LogP contribution in [-0.4, -0.2) is 36.7 Å². The number of carbonyl (C=O) groups is 2. The first-order valence-electron chi connectivity index (χ1n) is 8.52. The molecule has 0 heterocycles. The SMILES string of the molecule is O=C(O)CCC(=O)NCCc1ccccc1OCCOc1ccccc1. The van der Waals surface area contributed by atoms with Gasteiger partial charge < -0.3 is 19.9 Å². The summed E-state index contributed by atoms with van der Waals surface area (Å²) in [5, 5.41) is 11.3. The van der Waals surface area contributed by atoms with Crippen molar-refractivity contribution in [1.29, 1.82) is 0 Å². The lowest BCUT2D eigenvalue weighted by molar-refractivity contribution is -0.138. The van der Waals surface area contributed by atoms with Gasteiger partial charge in [0.2, 0.25) is 5.91 Å². The molecule has 6 heteroatoms. The van der Waals surface area contributed by atoms with E-state index in [1.54, 1.807) is 0 Å². The van der Waals surface area contributed by atoms with E-state index in [1.807, 2.05) is 54.6 Å². The second-order valence-electron chi connectivity index (χ2n) is 5.61. The van der Waals surface area contributed by atoms with Crippen LogP contribution in [0.4, 0.5) is 0 Å². The van der Waals surface area contributed by atoms with Crippen LogP contribution in [0.1, 0.15) is 18.4 Å². The van der Waals surface area contributed by atoms with Crippen LogP contribution in [0, 0.1) is 0 Å². The van der Waals surface area contributed by atoms with Crippen LogP contribution in [0.2, 0.25) is 0 Å². The highest BCUT2D eigenvalue weighted by Gasteiger charge is 2.07. The summed E-state index contributed by atoms with van der Waals surface area (Å²) in [4.78, 5) is 22.0. The zero-order chi connectivity index (χ0) is 18.6. The molecule has 0 aliphatic heterocycles. The molecular weight excluding hydrogens is 334 g/mol. The minimum atomic E-state index is -0.975. The Morgan fingerprint density at radius 2 is 1.58 bits per heavy atom. The van der Waals surface area contributed by atoms with Gasteiger partial charge in [-0.3, -0.25) is 9.59 Å². The van der Waals surface area contributed by atoms with E-state index in [9.17, 15) is 9.59 Å². The van der Waals surface area contributed by atoms with Crippen molar-refractivity contribution in [3.63, 3.8) is 0 Å². The fourth-order valence-electron chi connectivity index (χ4n) is 2.32. The van der Waals surface area contributed by atoms with E-state index >= 15 is 0 Å². The molecule has 0 unspecified atom stereocenters.